The van der Waals surface area contributed by atoms with Crippen LogP contribution in [0.3, 0.4) is 0 Å². The lowest BCUT2D eigenvalue weighted by atomic mass is 9.98. The molecule has 1 heterocycles. The highest BCUT2D eigenvalue weighted by atomic mass is 32.2. The van der Waals surface area contributed by atoms with Crippen molar-refractivity contribution < 1.29 is 22.8 Å². The summed E-state index contributed by atoms with van der Waals surface area (Å²) in [6.45, 7) is 7.93. The smallest absolute Gasteiger partial charge is 0.252 e. The van der Waals surface area contributed by atoms with Crippen LogP contribution in [0.4, 0.5) is 11.4 Å². The number of hydrogen-bond acceptors (Lipinski definition) is 7. The van der Waals surface area contributed by atoms with Gasteiger partial charge >= 0.3 is 0 Å². The van der Waals surface area contributed by atoms with Crippen molar-refractivity contribution in [1.82, 2.24) is 10.6 Å². The number of aryl methyl sites for hydroxylation is 1. The summed E-state index contributed by atoms with van der Waals surface area (Å²) >= 11 is 0. The second-order valence-corrected chi connectivity index (χ2v) is 13.0. The summed E-state index contributed by atoms with van der Waals surface area (Å²) < 4.78 is 24.5. The standard InChI is InChI=1S/C32H37N5O5S/c1-6-26(34-7-2)31(39)35-30-21(4)37(29(38)19-43(5,41)42)28-16-22(17-33)13-15-27(28)36(32(30)40)18-25-20(3)12-14-23-10-8-9-11-24(23)25/h8-16,21,26,30,34H,6-7,18-19H2,1-5H3,(H,35,39)/t21-,26?,30-/m0/s1. The van der Waals surface area contributed by atoms with Crippen LogP contribution in [0.25, 0.3) is 10.8 Å². The molecule has 0 radical (unpaired) electrons. The SMILES string of the molecule is CCNC(CC)C(=O)N[C@@H]1C(=O)N(Cc2c(C)ccc3ccccc23)c2ccc(C#N)cc2N(C(=O)CS(C)(=O)=O)[C@H]1C. The first-order valence-corrected chi connectivity index (χ1v) is 16.3. The Morgan fingerprint density at radius 2 is 1.79 bits per heavy atom. The van der Waals surface area contributed by atoms with Crippen molar-refractivity contribution in [3.8, 4) is 6.07 Å². The Labute approximate surface area is 252 Å². The van der Waals surface area contributed by atoms with Crippen LogP contribution in [-0.4, -0.2) is 62.8 Å². The Hall–Kier alpha value is -4.27. The Kier molecular flexibility index (Phi) is 9.52. The van der Waals surface area contributed by atoms with Gasteiger partial charge in [-0.25, -0.2) is 8.42 Å². The van der Waals surface area contributed by atoms with Gasteiger partial charge in [0, 0.05) is 6.26 Å². The average molecular weight is 604 g/mol. The van der Waals surface area contributed by atoms with Crippen molar-refractivity contribution in [3.63, 3.8) is 0 Å². The fourth-order valence-corrected chi connectivity index (χ4v) is 6.20. The van der Waals surface area contributed by atoms with Gasteiger partial charge in [0.25, 0.3) is 5.91 Å². The van der Waals surface area contributed by atoms with Crippen molar-refractivity contribution in [2.24, 2.45) is 0 Å². The van der Waals surface area contributed by atoms with E-state index in [0.29, 0.717) is 18.7 Å². The number of nitrogens with zero attached hydrogens (tertiary/aromatic N) is 3. The normalized spacial score (nSPS) is 17.6. The molecule has 0 aliphatic carbocycles. The zero-order chi connectivity index (χ0) is 31.5. The van der Waals surface area contributed by atoms with E-state index in [2.05, 4.69) is 16.7 Å². The van der Waals surface area contributed by atoms with E-state index in [0.717, 1.165) is 28.2 Å². The molecule has 3 aromatic rings. The average Bonchev–Trinajstić information content (AvgIpc) is 3.04. The number of hydrogen-bond donors (Lipinski definition) is 2. The lowest BCUT2D eigenvalue weighted by molar-refractivity contribution is -0.129. The zero-order valence-corrected chi connectivity index (χ0v) is 25.9. The molecule has 0 fully saturated rings. The highest BCUT2D eigenvalue weighted by molar-refractivity contribution is 7.91. The maximum Gasteiger partial charge on any atom is 0.252 e. The number of amides is 3. The van der Waals surface area contributed by atoms with Gasteiger partial charge in [-0.1, -0.05) is 50.2 Å². The van der Waals surface area contributed by atoms with Crippen LogP contribution in [0.5, 0.6) is 0 Å². The van der Waals surface area contributed by atoms with Crippen LogP contribution in [-0.2, 0) is 30.8 Å². The molecule has 1 aliphatic rings. The third-order valence-corrected chi connectivity index (χ3v) is 8.57. The Balaban J connectivity index is 1.94. The third kappa shape index (κ3) is 6.71. The van der Waals surface area contributed by atoms with Crippen molar-refractivity contribution in [3.05, 3.63) is 71.3 Å². The van der Waals surface area contributed by atoms with Crippen molar-refractivity contribution in [2.45, 2.75) is 58.8 Å². The van der Waals surface area contributed by atoms with E-state index in [9.17, 15) is 28.1 Å². The van der Waals surface area contributed by atoms with E-state index in [1.165, 1.54) is 15.9 Å². The van der Waals surface area contributed by atoms with Gasteiger partial charge in [0.15, 0.2) is 9.84 Å². The van der Waals surface area contributed by atoms with Crippen molar-refractivity contribution >= 4 is 49.7 Å². The number of rotatable bonds is 9. The van der Waals surface area contributed by atoms with E-state index in [1.54, 1.807) is 19.1 Å². The quantitative estimate of drug-likeness (QED) is 0.383. The lowest BCUT2D eigenvalue weighted by Gasteiger charge is -2.33. The molecule has 0 aromatic heterocycles. The Morgan fingerprint density at radius 3 is 2.44 bits per heavy atom. The monoisotopic (exact) mass is 603 g/mol. The molecule has 1 aliphatic heterocycles. The Morgan fingerprint density at radius 1 is 1.07 bits per heavy atom. The van der Waals surface area contributed by atoms with Gasteiger partial charge in [-0.15, -0.1) is 0 Å². The summed E-state index contributed by atoms with van der Waals surface area (Å²) in [6, 6.07) is 15.7. The minimum atomic E-state index is -3.75. The lowest BCUT2D eigenvalue weighted by Crippen LogP contribution is -2.60. The number of nitriles is 1. The van der Waals surface area contributed by atoms with Gasteiger partial charge in [-0.2, -0.15) is 5.26 Å². The molecule has 3 atom stereocenters. The van der Waals surface area contributed by atoms with Crippen LogP contribution < -0.4 is 20.4 Å². The van der Waals surface area contributed by atoms with Gasteiger partial charge in [0.1, 0.15) is 11.8 Å². The number of anilines is 2. The number of carbonyl (C=O) groups is 3. The van der Waals surface area contributed by atoms with Gasteiger partial charge in [-0.3, -0.25) is 14.4 Å². The molecule has 0 bridgehead atoms. The van der Waals surface area contributed by atoms with Crippen molar-refractivity contribution in [1.29, 1.82) is 5.26 Å². The van der Waals surface area contributed by atoms with E-state index < -0.39 is 51.4 Å². The molecule has 0 saturated carbocycles. The number of benzene rings is 3. The predicted molar refractivity (Wildman–Crippen MR) is 167 cm³/mol. The maximum atomic E-state index is 14.6. The van der Waals surface area contributed by atoms with Crippen LogP contribution in [0.1, 0.15) is 43.9 Å². The molecule has 0 saturated heterocycles. The molecule has 2 N–H and O–H groups in total. The topological polar surface area (TPSA) is 140 Å². The van der Waals surface area contributed by atoms with Crippen LogP contribution in [0.2, 0.25) is 0 Å². The number of fused-ring (bicyclic) bond motifs is 2. The minimum Gasteiger partial charge on any atom is -0.341 e. The fraction of sp³-hybridized carbons (Fsp3) is 0.375. The molecule has 4 rings (SSSR count). The summed E-state index contributed by atoms with van der Waals surface area (Å²) in [6.07, 6.45) is 1.43. The van der Waals surface area contributed by atoms with Crippen molar-refractivity contribution in [2.75, 3.05) is 28.4 Å². The largest absolute Gasteiger partial charge is 0.341 e. The summed E-state index contributed by atoms with van der Waals surface area (Å²) in [7, 11) is -3.75. The van der Waals surface area contributed by atoms with Crippen LogP contribution >= 0.6 is 0 Å². The molecule has 226 valence electrons. The third-order valence-electron chi connectivity index (χ3n) is 7.80. The molecule has 0 spiro atoms. The Bertz CT molecular complexity index is 1710. The van der Waals surface area contributed by atoms with Crippen LogP contribution in [0, 0.1) is 18.3 Å². The highest BCUT2D eigenvalue weighted by Crippen LogP contribution is 2.38. The second-order valence-electron chi connectivity index (χ2n) is 10.9. The van der Waals surface area contributed by atoms with E-state index in [-0.39, 0.29) is 17.8 Å². The highest BCUT2D eigenvalue weighted by Gasteiger charge is 2.43. The number of likely N-dealkylation sites (N-methyl/N-ethyl adjacent to an activating group) is 1. The molecular formula is C32H37N5O5S. The zero-order valence-electron chi connectivity index (χ0n) is 25.0. The summed E-state index contributed by atoms with van der Waals surface area (Å²) in [5, 5.41) is 17.6. The first-order chi connectivity index (χ1) is 20.4. The number of carbonyl (C=O) groups excluding carboxylic acids is 3. The van der Waals surface area contributed by atoms with Crippen LogP contribution in [0.15, 0.2) is 54.6 Å². The predicted octanol–water partition coefficient (Wildman–Crippen LogP) is 3.21. The molecule has 43 heavy (non-hydrogen) atoms. The second kappa shape index (κ2) is 12.9. The molecule has 11 heteroatoms. The fourth-order valence-electron chi connectivity index (χ4n) is 5.61. The van der Waals surface area contributed by atoms with E-state index in [1.807, 2.05) is 57.2 Å². The molecule has 10 nitrogen and oxygen atoms in total. The molecule has 3 amide bonds. The number of nitrogens with one attached hydrogen (secondary N) is 2. The summed E-state index contributed by atoms with van der Waals surface area (Å²) in [4.78, 5) is 44.4. The minimum absolute atomic E-state index is 0.114. The van der Waals surface area contributed by atoms with Gasteiger partial charge in [0.2, 0.25) is 11.8 Å². The molecular weight excluding hydrogens is 566 g/mol. The van der Waals surface area contributed by atoms with Gasteiger partial charge in [0.05, 0.1) is 41.6 Å². The summed E-state index contributed by atoms with van der Waals surface area (Å²) in [5.74, 6) is -2.43. The van der Waals surface area contributed by atoms with E-state index in [4.69, 9.17) is 0 Å². The van der Waals surface area contributed by atoms with E-state index >= 15 is 0 Å². The first kappa shape index (κ1) is 31.7. The van der Waals surface area contributed by atoms with Gasteiger partial charge in [-0.05, 0) is 66.9 Å². The number of sulfone groups is 1. The molecule has 1 unspecified atom stereocenters. The maximum absolute atomic E-state index is 14.6. The van der Waals surface area contributed by atoms with Gasteiger partial charge < -0.3 is 20.4 Å². The first-order valence-electron chi connectivity index (χ1n) is 14.3. The summed E-state index contributed by atoms with van der Waals surface area (Å²) in [5.41, 5.74) is 2.62. The molecule has 3 aromatic carbocycles.